The van der Waals surface area contributed by atoms with Crippen molar-refractivity contribution in [2.75, 3.05) is 18.4 Å². The number of nitrogens with one attached hydrogen (secondary N) is 2. The zero-order chi connectivity index (χ0) is 27.6. The first-order valence-electron chi connectivity index (χ1n) is 13.0. The number of carbonyl (C=O) groups excluding carboxylic acids is 2. The summed E-state index contributed by atoms with van der Waals surface area (Å²) in [5.74, 6) is -0.982. The van der Waals surface area contributed by atoms with Gasteiger partial charge in [-0.2, -0.15) is 0 Å². The monoisotopic (exact) mass is 529 g/mol. The summed E-state index contributed by atoms with van der Waals surface area (Å²) in [4.78, 5) is 37.1. The average molecular weight is 530 g/mol. The fraction of sp³-hybridized carbons (Fsp3) is 0.333. The number of halogens is 2. The highest BCUT2D eigenvalue weighted by molar-refractivity contribution is 6.06. The number of piperazine rings is 1. The fourth-order valence-corrected chi connectivity index (χ4v) is 6.05. The Hall–Kier alpha value is -3.98. The Labute approximate surface area is 225 Å². The first-order valence-corrected chi connectivity index (χ1v) is 13.0. The lowest BCUT2D eigenvalue weighted by molar-refractivity contribution is -0.148. The first kappa shape index (κ1) is 25.3. The number of aromatic nitrogens is 2. The lowest BCUT2D eigenvalue weighted by atomic mass is 9.80. The second-order valence-corrected chi connectivity index (χ2v) is 11.4. The third kappa shape index (κ3) is 4.03. The highest BCUT2D eigenvalue weighted by Crippen LogP contribution is 2.46. The van der Waals surface area contributed by atoms with E-state index in [-0.39, 0.29) is 18.4 Å². The van der Waals surface area contributed by atoms with Crippen LogP contribution in [0.3, 0.4) is 0 Å². The first-order chi connectivity index (χ1) is 18.5. The van der Waals surface area contributed by atoms with Crippen molar-refractivity contribution in [3.8, 4) is 0 Å². The molecule has 9 heteroatoms. The molecular formula is C30H29F2N5O2. The second-order valence-electron chi connectivity index (χ2n) is 11.4. The number of carbonyl (C=O) groups is 2. The Morgan fingerprint density at radius 3 is 2.59 bits per heavy atom. The normalized spacial score (nSPS) is 25.3. The minimum Gasteiger partial charge on any atom is -0.327 e. The molecule has 39 heavy (non-hydrogen) atoms. The molecule has 0 radical (unpaired) electrons. The van der Waals surface area contributed by atoms with Gasteiger partial charge in [0, 0.05) is 49.2 Å². The van der Waals surface area contributed by atoms with Crippen molar-refractivity contribution in [1.82, 2.24) is 20.2 Å². The van der Waals surface area contributed by atoms with E-state index in [1.807, 2.05) is 37.3 Å². The van der Waals surface area contributed by atoms with Gasteiger partial charge in [0.05, 0.1) is 16.5 Å². The van der Waals surface area contributed by atoms with Crippen LogP contribution in [0.25, 0.3) is 6.08 Å². The number of nitrogens with zero attached hydrogens (tertiary/aromatic N) is 3. The predicted octanol–water partition coefficient (Wildman–Crippen LogP) is 3.88. The van der Waals surface area contributed by atoms with E-state index in [9.17, 15) is 18.4 Å². The predicted molar refractivity (Wildman–Crippen MR) is 143 cm³/mol. The van der Waals surface area contributed by atoms with Crippen LogP contribution in [-0.4, -0.2) is 45.3 Å². The average Bonchev–Trinajstić information content (AvgIpc) is 3.40. The lowest BCUT2D eigenvalue weighted by Gasteiger charge is -2.50. The Balaban J connectivity index is 1.26. The zero-order valence-electron chi connectivity index (χ0n) is 22.0. The molecule has 1 spiro atoms. The Morgan fingerprint density at radius 1 is 1.05 bits per heavy atom. The molecular weight excluding hydrogens is 500 g/mol. The molecule has 200 valence electrons. The van der Waals surface area contributed by atoms with Crippen molar-refractivity contribution in [3.05, 3.63) is 94.5 Å². The van der Waals surface area contributed by atoms with Gasteiger partial charge in [-0.15, -0.1) is 0 Å². The SMILES string of the molecule is CC1(C)NC[C@@](C)(c2cc(F)cc(F)c2)N(C/C=C/c2cnc3c(c2)C[C@@]2(C3)C(=O)Nc3ncccc32)C1=O. The van der Waals surface area contributed by atoms with Crippen molar-refractivity contribution in [2.24, 2.45) is 0 Å². The van der Waals surface area contributed by atoms with E-state index in [0.29, 0.717) is 30.8 Å². The molecule has 2 aliphatic heterocycles. The van der Waals surface area contributed by atoms with Crippen LogP contribution >= 0.6 is 0 Å². The van der Waals surface area contributed by atoms with Crippen molar-refractivity contribution in [3.63, 3.8) is 0 Å². The van der Waals surface area contributed by atoms with E-state index < -0.39 is 28.1 Å². The molecule has 2 N–H and O–H groups in total. The van der Waals surface area contributed by atoms with Gasteiger partial charge in [-0.25, -0.2) is 13.8 Å². The summed E-state index contributed by atoms with van der Waals surface area (Å²) in [7, 11) is 0. The zero-order valence-corrected chi connectivity index (χ0v) is 22.0. The molecule has 7 nitrogen and oxygen atoms in total. The van der Waals surface area contributed by atoms with Gasteiger partial charge in [0.25, 0.3) is 0 Å². The number of amides is 2. The van der Waals surface area contributed by atoms with Gasteiger partial charge in [-0.3, -0.25) is 14.6 Å². The van der Waals surface area contributed by atoms with E-state index in [4.69, 9.17) is 0 Å². The van der Waals surface area contributed by atoms with Crippen LogP contribution in [0.15, 0.2) is 54.9 Å². The topological polar surface area (TPSA) is 87.2 Å². The van der Waals surface area contributed by atoms with Gasteiger partial charge in [0.2, 0.25) is 11.8 Å². The summed E-state index contributed by atoms with van der Waals surface area (Å²) in [5.41, 5.74) is 1.55. The summed E-state index contributed by atoms with van der Waals surface area (Å²) in [5, 5.41) is 6.14. The minimum absolute atomic E-state index is 0.0563. The molecule has 1 aromatic carbocycles. The smallest absolute Gasteiger partial charge is 0.243 e. The Morgan fingerprint density at radius 2 is 1.82 bits per heavy atom. The molecule has 2 aromatic heterocycles. The van der Waals surface area contributed by atoms with Crippen LogP contribution in [0.4, 0.5) is 14.6 Å². The number of anilines is 1. The van der Waals surface area contributed by atoms with Crippen molar-refractivity contribution >= 4 is 23.7 Å². The molecule has 1 aliphatic carbocycles. The summed E-state index contributed by atoms with van der Waals surface area (Å²) < 4.78 is 28.2. The molecule has 0 unspecified atom stereocenters. The van der Waals surface area contributed by atoms with Gasteiger partial charge >= 0.3 is 0 Å². The van der Waals surface area contributed by atoms with Crippen molar-refractivity contribution in [1.29, 1.82) is 0 Å². The van der Waals surface area contributed by atoms with Gasteiger partial charge in [-0.1, -0.05) is 18.2 Å². The summed E-state index contributed by atoms with van der Waals surface area (Å²) >= 11 is 0. The third-order valence-electron chi connectivity index (χ3n) is 8.37. The van der Waals surface area contributed by atoms with E-state index in [1.54, 1.807) is 31.1 Å². The van der Waals surface area contributed by atoms with Crippen molar-refractivity contribution < 1.29 is 18.4 Å². The molecule has 3 aliphatic rings. The third-order valence-corrected chi connectivity index (χ3v) is 8.37. The number of benzene rings is 1. The molecule has 0 saturated carbocycles. The number of fused-ring (bicyclic) bond motifs is 3. The largest absolute Gasteiger partial charge is 0.327 e. The van der Waals surface area contributed by atoms with Crippen LogP contribution in [0.5, 0.6) is 0 Å². The molecule has 0 bridgehead atoms. The van der Waals surface area contributed by atoms with E-state index >= 15 is 0 Å². The molecule has 4 heterocycles. The molecule has 6 rings (SSSR count). The van der Waals surface area contributed by atoms with E-state index in [0.717, 1.165) is 28.5 Å². The van der Waals surface area contributed by atoms with Gasteiger partial charge in [-0.05, 0) is 68.1 Å². The molecule has 2 atom stereocenters. The maximum Gasteiger partial charge on any atom is 0.243 e. The van der Waals surface area contributed by atoms with E-state index in [1.165, 1.54) is 12.1 Å². The highest BCUT2D eigenvalue weighted by atomic mass is 19.1. The molecule has 2 amide bonds. The number of rotatable bonds is 4. The number of hydrogen-bond donors (Lipinski definition) is 2. The fourth-order valence-electron chi connectivity index (χ4n) is 6.05. The number of hydrogen-bond acceptors (Lipinski definition) is 5. The van der Waals surface area contributed by atoms with Crippen molar-refractivity contribution in [2.45, 2.75) is 50.1 Å². The lowest BCUT2D eigenvalue weighted by Crippen LogP contribution is -2.68. The quantitative estimate of drug-likeness (QED) is 0.536. The van der Waals surface area contributed by atoms with Crippen LogP contribution < -0.4 is 10.6 Å². The molecule has 1 fully saturated rings. The maximum atomic E-state index is 14.1. The Bertz CT molecular complexity index is 1530. The maximum absolute atomic E-state index is 14.1. The standard InChI is InChI=1S/C30H29F2N5O2/c1-28(2)27(39)37(29(3,17-35-28)20-11-21(31)13-22(32)12-20)9-5-6-18-10-19-14-30(15-24(19)34-16-18)23-7-4-8-33-25(23)36-26(30)38/h4-8,10-13,16,35H,9,14-15,17H2,1-3H3,(H,33,36,38)/b6-5+/t29-,30-/m0/s1. The van der Waals surface area contributed by atoms with Crippen LogP contribution in [-0.2, 0) is 33.4 Å². The molecule has 1 saturated heterocycles. The van der Waals surface area contributed by atoms with Gasteiger partial charge in [0.15, 0.2) is 0 Å². The van der Waals surface area contributed by atoms with Crippen LogP contribution in [0.1, 0.15) is 48.7 Å². The van der Waals surface area contributed by atoms with Gasteiger partial charge in [0.1, 0.15) is 17.5 Å². The molecule has 3 aromatic rings. The van der Waals surface area contributed by atoms with Crippen LogP contribution in [0, 0.1) is 11.6 Å². The Kier molecular flexibility index (Phi) is 5.69. The minimum atomic E-state index is -0.959. The van der Waals surface area contributed by atoms with Crippen LogP contribution in [0.2, 0.25) is 0 Å². The summed E-state index contributed by atoms with van der Waals surface area (Å²) in [6.45, 7) is 5.98. The highest BCUT2D eigenvalue weighted by Gasteiger charge is 2.52. The summed E-state index contributed by atoms with van der Waals surface area (Å²) in [6, 6.07) is 9.20. The second kappa shape index (κ2) is 8.77. The van der Waals surface area contributed by atoms with E-state index in [2.05, 4.69) is 20.6 Å². The van der Waals surface area contributed by atoms with Gasteiger partial charge < -0.3 is 15.5 Å². The summed E-state index contributed by atoms with van der Waals surface area (Å²) in [6.07, 6.45) is 8.23. The number of pyridine rings is 2.